The molecule has 1 aromatic heterocycles. The number of aromatic nitrogens is 1. The van der Waals surface area contributed by atoms with Crippen LogP contribution in [-0.2, 0) is 0 Å². The van der Waals surface area contributed by atoms with Gasteiger partial charge in [0.15, 0.2) is 5.78 Å². The Bertz CT molecular complexity index is 1110. The molecule has 0 aliphatic carbocycles. The largest absolute Gasteiger partial charge is 0.494 e. The summed E-state index contributed by atoms with van der Waals surface area (Å²) in [7, 11) is 0. The first-order chi connectivity index (χ1) is 14.8. The van der Waals surface area contributed by atoms with Gasteiger partial charge in [-0.25, -0.2) is 0 Å². The van der Waals surface area contributed by atoms with Crippen molar-refractivity contribution in [3.8, 4) is 5.75 Å². The van der Waals surface area contributed by atoms with Gasteiger partial charge in [0.1, 0.15) is 11.4 Å². The normalized spacial score (nSPS) is 10.5. The van der Waals surface area contributed by atoms with E-state index >= 15 is 0 Å². The van der Waals surface area contributed by atoms with Crippen LogP contribution >= 0.6 is 0 Å². The highest BCUT2D eigenvalue weighted by molar-refractivity contribution is 6.08. The van der Waals surface area contributed by atoms with Gasteiger partial charge in [0.05, 0.1) is 6.61 Å². The third-order valence-corrected chi connectivity index (χ3v) is 4.84. The lowest BCUT2D eigenvalue weighted by Crippen LogP contribution is -2.15. The molecule has 7 heteroatoms. The molecule has 3 aromatic rings. The summed E-state index contributed by atoms with van der Waals surface area (Å²) in [5.41, 5.74) is 3.82. The van der Waals surface area contributed by atoms with E-state index in [1.165, 1.54) is 6.92 Å². The van der Waals surface area contributed by atoms with Gasteiger partial charge in [0.25, 0.3) is 11.8 Å². The molecule has 3 rings (SSSR count). The van der Waals surface area contributed by atoms with Crippen molar-refractivity contribution in [1.82, 2.24) is 4.98 Å². The lowest BCUT2D eigenvalue weighted by Gasteiger charge is -2.09. The number of aryl methyl sites for hydroxylation is 1. The van der Waals surface area contributed by atoms with Crippen LogP contribution in [0.5, 0.6) is 5.75 Å². The Labute approximate surface area is 180 Å². The molecule has 2 aromatic carbocycles. The molecular formula is C24H25N3O4. The van der Waals surface area contributed by atoms with Crippen molar-refractivity contribution in [3.63, 3.8) is 0 Å². The number of carbonyl (C=O) groups excluding carboxylic acids is 3. The first-order valence-electron chi connectivity index (χ1n) is 9.96. The molecule has 0 radical (unpaired) electrons. The summed E-state index contributed by atoms with van der Waals surface area (Å²) >= 11 is 0. The molecule has 2 amide bonds. The number of hydrogen-bond donors (Lipinski definition) is 3. The molecule has 3 N–H and O–H groups in total. The zero-order valence-corrected chi connectivity index (χ0v) is 18.0. The average molecular weight is 419 g/mol. The van der Waals surface area contributed by atoms with Crippen molar-refractivity contribution in [1.29, 1.82) is 0 Å². The minimum absolute atomic E-state index is 0.0896. The lowest BCUT2D eigenvalue weighted by molar-refractivity contribution is 0.101. The van der Waals surface area contributed by atoms with Crippen LogP contribution in [0.4, 0.5) is 11.4 Å². The summed E-state index contributed by atoms with van der Waals surface area (Å²) in [6.07, 6.45) is 0. The molecule has 0 saturated heterocycles. The topological polar surface area (TPSA) is 100 Å². The van der Waals surface area contributed by atoms with Crippen molar-refractivity contribution in [2.45, 2.75) is 27.7 Å². The van der Waals surface area contributed by atoms with Crippen molar-refractivity contribution in [2.75, 3.05) is 17.2 Å². The number of carbonyl (C=O) groups is 3. The number of nitrogens with one attached hydrogen (secondary N) is 3. The molecule has 1 heterocycles. The Hall–Kier alpha value is -3.87. The second-order valence-corrected chi connectivity index (χ2v) is 7.12. The average Bonchev–Trinajstić information content (AvgIpc) is 3.04. The zero-order valence-electron chi connectivity index (χ0n) is 18.0. The van der Waals surface area contributed by atoms with E-state index in [9.17, 15) is 14.4 Å². The quantitative estimate of drug-likeness (QED) is 0.482. The smallest absolute Gasteiger partial charge is 0.272 e. The maximum absolute atomic E-state index is 12.6. The summed E-state index contributed by atoms with van der Waals surface area (Å²) in [6.45, 7) is 7.46. The molecule has 7 nitrogen and oxygen atoms in total. The van der Waals surface area contributed by atoms with E-state index in [4.69, 9.17) is 4.74 Å². The number of rotatable bonds is 7. The van der Waals surface area contributed by atoms with Crippen LogP contribution in [0.15, 0.2) is 48.5 Å². The van der Waals surface area contributed by atoms with Crippen molar-refractivity contribution in [2.24, 2.45) is 0 Å². The molecule has 0 aliphatic heterocycles. The molecule has 0 aliphatic rings. The van der Waals surface area contributed by atoms with E-state index in [2.05, 4.69) is 15.6 Å². The molecule has 0 atom stereocenters. The second kappa shape index (κ2) is 9.30. The van der Waals surface area contributed by atoms with Crippen molar-refractivity contribution < 1.29 is 19.1 Å². The zero-order chi connectivity index (χ0) is 22.5. The number of H-pyrrole nitrogens is 1. The Morgan fingerprint density at radius 2 is 1.42 bits per heavy atom. The van der Waals surface area contributed by atoms with E-state index in [1.54, 1.807) is 62.4 Å². The predicted octanol–water partition coefficient (Wildman–Crippen LogP) is 4.74. The fourth-order valence-electron chi connectivity index (χ4n) is 3.41. The number of amides is 2. The van der Waals surface area contributed by atoms with E-state index < -0.39 is 0 Å². The van der Waals surface area contributed by atoms with E-state index in [0.29, 0.717) is 46.1 Å². The highest BCUT2D eigenvalue weighted by Gasteiger charge is 2.20. The van der Waals surface area contributed by atoms with Crippen LogP contribution in [0.1, 0.15) is 56.3 Å². The fraction of sp³-hybridized carbons (Fsp3) is 0.208. The van der Waals surface area contributed by atoms with Crippen LogP contribution in [0.3, 0.4) is 0 Å². The number of ether oxygens (including phenoxy) is 1. The van der Waals surface area contributed by atoms with Crippen LogP contribution in [0.25, 0.3) is 0 Å². The predicted molar refractivity (Wildman–Crippen MR) is 120 cm³/mol. The second-order valence-electron chi connectivity index (χ2n) is 7.12. The highest BCUT2D eigenvalue weighted by Crippen LogP contribution is 2.21. The minimum Gasteiger partial charge on any atom is -0.494 e. The van der Waals surface area contributed by atoms with Crippen molar-refractivity contribution in [3.05, 3.63) is 76.6 Å². The standard InChI is InChI=1S/C24H25N3O4/c1-5-31-20-12-10-19(11-13-20)26-23(29)17-6-8-18(9-7-17)27-24(30)22-14(2)21(16(4)28)15(3)25-22/h6-13,25H,5H2,1-4H3,(H,26,29)(H,27,30). The third kappa shape index (κ3) is 5.01. The number of Topliss-reactive ketones (excluding diaryl/α,β-unsaturated/α-hetero) is 1. The number of hydrogen-bond acceptors (Lipinski definition) is 4. The van der Waals surface area contributed by atoms with Gasteiger partial charge in [-0.05, 0) is 81.8 Å². The maximum atomic E-state index is 12.6. The maximum Gasteiger partial charge on any atom is 0.272 e. The van der Waals surface area contributed by atoms with Gasteiger partial charge in [-0.15, -0.1) is 0 Å². The van der Waals surface area contributed by atoms with Crippen LogP contribution < -0.4 is 15.4 Å². The SMILES string of the molecule is CCOc1ccc(NC(=O)c2ccc(NC(=O)c3[nH]c(C)c(C(C)=O)c3C)cc2)cc1. The monoisotopic (exact) mass is 419 g/mol. The summed E-state index contributed by atoms with van der Waals surface area (Å²) < 4.78 is 5.39. The van der Waals surface area contributed by atoms with Crippen LogP contribution in [0, 0.1) is 13.8 Å². The molecule has 160 valence electrons. The summed E-state index contributed by atoms with van der Waals surface area (Å²) in [5.74, 6) is 0.0420. The lowest BCUT2D eigenvalue weighted by atomic mass is 10.1. The van der Waals surface area contributed by atoms with Gasteiger partial charge < -0.3 is 20.4 Å². The molecule has 0 spiro atoms. The van der Waals surface area contributed by atoms with Gasteiger partial charge in [0, 0.05) is 28.2 Å². The van der Waals surface area contributed by atoms with Gasteiger partial charge in [-0.1, -0.05) is 0 Å². The van der Waals surface area contributed by atoms with Gasteiger partial charge in [0.2, 0.25) is 0 Å². The van der Waals surface area contributed by atoms with Gasteiger partial charge in [-0.2, -0.15) is 0 Å². The number of aromatic amines is 1. The van der Waals surface area contributed by atoms with Crippen molar-refractivity contribution >= 4 is 29.0 Å². The third-order valence-electron chi connectivity index (χ3n) is 4.84. The Morgan fingerprint density at radius 3 is 1.94 bits per heavy atom. The van der Waals surface area contributed by atoms with E-state index in [1.807, 2.05) is 6.92 Å². The summed E-state index contributed by atoms with van der Waals surface area (Å²) in [4.78, 5) is 39.8. The Balaban J connectivity index is 1.66. The number of anilines is 2. The Kier molecular flexibility index (Phi) is 6.55. The van der Waals surface area contributed by atoms with E-state index in [0.717, 1.165) is 5.75 Å². The van der Waals surface area contributed by atoms with Gasteiger partial charge >= 0.3 is 0 Å². The highest BCUT2D eigenvalue weighted by atomic mass is 16.5. The molecule has 0 saturated carbocycles. The number of benzene rings is 2. The molecule has 0 fully saturated rings. The first kappa shape index (κ1) is 21.8. The fourth-order valence-corrected chi connectivity index (χ4v) is 3.41. The molecule has 31 heavy (non-hydrogen) atoms. The van der Waals surface area contributed by atoms with Crippen LogP contribution in [-0.4, -0.2) is 29.2 Å². The summed E-state index contributed by atoms with van der Waals surface area (Å²) in [5, 5.41) is 5.61. The van der Waals surface area contributed by atoms with Gasteiger partial charge in [-0.3, -0.25) is 14.4 Å². The minimum atomic E-state index is -0.348. The molecular weight excluding hydrogens is 394 g/mol. The summed E-state index contributed by atoms with van der Waals surface area (Å²) in [6, 6.07) is 13.7. The Morgan fingerprint density at radius 1 is 0.871 bits per heavy atom. The first-order valence-corrected chi connectivity index (χ1v) is 9.96. The molecule has 0 unspecified atom stereocenters. The molecule has 0 bridgehead atoms. The van der Waals surface area contributed by atoms with Crippen LogP contribution in [0.2, 0.25) is 0 Å². The number of ketones is 1. The van der Waals surface area contributed by atoms with E-state index in [-0.39, 0.29) is 17.6 Å².